The van der Waals surface area contributed by atoms with Crippen LogP contribution in [0.4, 0.5) is 0 Å². The van der Waals surface area contributed by atoms with Gasteiger partial charge >= 0.3 is 0 Å². The molecule has 0 fully saturated rings. The maximum absolute atomic E-state index is 2.00. The molecule has 0 spiro atoms. The van der Waals surface area contributed by atoms with Crippen LogP contribution in [-0.4, -0.2) is 0 Å². The maximum Gasteiger partial charge on any atom is 0 e. The first kappa shape index (κ1) is 27.5. The standard InChI is InChI=1S/2C2H6.CH3.Y/c2*1-2;;/h2*1-2H3;1H3;/q;;-1;. The number of rotatable bonds is 0. The van der Waals surface area contributed by atoms with Gasteiger partial charge in [-0.05, 0) is 0 Å². The summed E-state index contributed by atoms with van der Waals surface area (Å²) in [6, 6.07) is 0. The monoisotopic (exact) mass is 164 g/mol. The minimum atomic E-state index is 0. The van der Waals surface area contributed by atoms with E-state index in [2.05, 4.69) is 0 Å². The van der Waals surface area contributed by atoms with Gasteiger partial charge in [-0.25, -0.2) is 0 Å². The van der Waals surface area contributed by atoms with Crippen LogP contribution in [0.2, 0.25) is 0 Å². The Labute approximate surface area is 67.6 Å². The number of hydrogen-bond donors (Lipinski definition) is 0. The van der Waals surface area contributed by atoms with Crippen molar-refractivity contribution in [1.29, 1.82) is 0 Å². The van der Waals surface area contributed by atoms with Crippen molar-refractivity contribution in [1.82, 2.24) is 0 Å². The van der Waals surface area contributed by atoms with E-state index in [9.17, 15) is 0 Å². The van der Waals surface area contributed by atoms with Gasteiger partial charge in [0.2, 0.25) is 0 Å². The summed E-state index contributed by atoms with van der Waals surface area (Å²) < 4.78 is 0. The fraction of sp³-hybridized carbons (Fsp3) is 0.800. The molecule has 0 rings (SSSR count). The Morgan fingerprint density at radius 3 is 0.667 bits per heavy atom. The van der Waals surface area contributed by atoms with Crippen molar-refractivity contribution in [2.24, 2.45) is 0 Å². The van der Waals surface area contributed by atoms with Crippen LogP contribution in [0.25, 0.3) is 0 Å². The van der Waals surface area contributed by atoms with Crippen LogP contribution >= 0.6 is 0 Å². The van der Waals surface area contributed by atoms with Gasteiger partial charge in [-0.3, -0.25) is 0 Å². The van der Waals surface area contributed by atoms with Gasteiger partial charge in [-0.1, -0.05) is 27.7 Å². The summed E-state index contributed by atoms with van der Waals surface area (Å²) in [5, 5.41) is 0. The molecule has 0 amide bonds. The molecule has 1 radical (unpaired) electrons. The largest absolute Gasteiger partial charge is 0.358 e. The van der Waals surface area contributed by atoms with E-state index in [0.717, 1.165) is 0 Å². The van der Waals surface area contributed by atoms with Crippen molar-refractivity contribution in [3.63, 3.8) is 0 Å². The van der Waals surface area contributed by atoms with E-state index in [1.54, 1.807) is 0 Å². The van der Waals surface area contributed by atoms with Gasteiger partial charge in [0.15, 0.2) is 0 Å². The quantitative estimate of drug-likeness (QED) is 0.482. The third kappa shape index (κ3) is 70.5. The van der Waals surface area contributed by atoms with E-state index >= 15 is 0 Å². The zero-order chi connectivity index (χ0) is 4.00. The van der Waals surface area contributed by atoms with E-state index < -0.39 is 0 Å². The molecular formula is C5H15Y-. The maximum atomic E-state index is 2.00. The first-order chi connectivity index (χ1) is 2.00. The van der Waals surface area contributed by atoms with Gasteiger partial charge in [0.1, 0.15) is 0 Å². The molecule has 0 aliphatic carbocycles. The Morgan fingerprint density at radius 2 is 0.667 bits per heavy atom. The van der Waals surface area contributed by atoms with Gasteiger partial charge in [0, 0.05) is 32.7 Å². The van der Waals surface area contributed by atoms with Crippen LogP contribution in [0.5, 0.6) is 0 Å². The van der Waals surface area contributed by atoms with Crippen LogP contribution in [0.3, 0.4) is 0 Å². The van der Waals surface area contributed by atoms with Crippen LogP contribution < -0.4 is 0 Å². The van der Waals surface area contributed by atoms with Gasteiger partial charge in [0.05, 0.1) is 0 Å². The van der Waals surface area contributed by atoms with Crippen LogP contribution in [-0.2, 0) is 32.7 Å². The second kappa shape index (κ2) is 130. The van der Waals surface area contributed by atoms with Crippen molar-refractivity contribution in [3.8, 4) is 0 Å². The number of hydrogen-bond acceptors (Lipinski definition) is 0. The molecule has 0 bridgehead atoms. The van der Waals surface area contributed by atoms with Crippen molar-refractivity contribution in [2.45, 2.75) is 27.7 Å². The zero-order valence-corrected chi connectivity index (χ0v) is 8.42. The Hall–Kier alpha value is 1.10. The summed E-state index contributed by atoms with van der Waals surface area (Å²) in [5.74, 6) is 0. The van der Waals surface area contributed by atoms with Crippen LogP contribution in [0.15, 0.2) is 0 Å². The third-order valence-corrected chi connectivity index (χ3v) is 0. The van der Waals surface area contributed by atoms with E-state index in [0.29, 0.717) is 0 Å². The smallest absolute Gasteiger partial charge is 0 e. The molecule has 0 nitrogen and oxygen atoms in total. The minimum Gasteiger partial charge on any atom is -0.358 e. The van der Waals surface area contributed by atoms with Gasteiger partial charge in [-0.15, -0.1) is 0 Å². The fourth-order valence-corrected chi connectivity index (χ4v) is 0. The summed E-state index contributed by atoms with van der Waals surface area (Å²) in [6.45, 7) is 8.00. The van der Waals surface area contributed by atoms with E-state index in [4.69, 9.17) is 0 Å². The van der Waals surface area contributed by atoms with Crippen molar-refractivity contribution < 1.29 is 32.7 Å². The zero-order valence-electron chi connectivity index (χ0n) is 5.58. The van der Waals surface area contributed by atoms with E-state index in [1.807, 2.05) is 27.7 Å². The Bertz CT molecular complexity index is 3.90. The topological polar surface area (TPSA) is 0 Å². The molecule has 1 heteroatoms. The van der Waals surface area contributed by atoms with Gasteiger partial charge in [-0.2, -0.15) is 0 Å². The van der Waals surface area contributed by atoms with E-state index in [1.165, 1.54) is 0 Å². The van der Waals surface area contributed by atoms with Crippen molar-refractivity contribution in [3.05, 3.63) is 7.43 Å². The van der Waals surface area contributed by atoms with E-state index in [-0.39, 0.29) is 40.1 Å². The van der Waals surface area contributed by atoms with Crippen LogP contribution in [0, 0.1) is 7.43 Å². The Balaban J connectivity index is -0.00000000500. The molecule has 0 unspecified atom stereocenters. The summed E-state index contributed by atoms with van der Waals surface area (Å²) in [6.07, 6.45) is 0. The van der Waals surface area contributed by atoms with Gasteiger partial charge in [0.25, 0.3) is 0 Å². The van der Waals surface area contributed by atoms with Gasteiger partial charge < -0.3 is 7.43 Å². The Kier molecular flexibility index (Phi) is 597. The summed E-state index contributed by atoms with van der Waals surface area (Å²) in [5.41, 5.74) is 0. The predicted molar refractivity (Wildman–Crippen MR) is 29.1 cm³/mol. The predicted octanol–water partition coefficient (Wildman–Crippen LogP) is 2.50. The fourth-order valence-electron chi connectivity index (χ4n) is 0. The second-order valence-corrected chi connectivity index (χ2v) is 0. The van der Waals surface area contributed by atoms with Crippen molar-refractivity contribution >= 4 is 0 Å². The summed E-state index contributed by atoms with van der Waals surface area (Å²) in [4.78, 5) is 0. The molecule has 6 heavy (non-hydrogen) atoms. The molecule has 0 aromatic carbocycles. The third-order valence-electron chi connectivity index (χ3n) is 0. The Morgan fingerprint density at radius 1 is 0.667 bits per heavy atom. The summed E-state index contributed by atoms with van der Waals surface area (Å²) in [7, 11) is 0. The molecular weight excluding hydrogens is 149 g/mol. The molecule has 0 saturated carbocycles. The molecule has 0 heterocycles. The van der Waals surface area contributed by atoms with Crippen molar-refractivity contribution in [2.75, 3.05) is 0 Å². The molecule has 0 saturated heterocycles. The normalized spacial score (nSPS) is 2.00. The second-order valence-electron chi connectivity index (χ2n) is 0. The molecule has 0 aromatic heterocycles. The average Bonchev–Trinajstić information content (AvgIpc) is 1.50. The molecule has 0 aliphatic rings. The average molecular weight is 164 g/mol. The molecule has 0 N–H and O–H groups in total. The first-order valence-electron chi connectivity index (χ1n) is 2.00. The molecule has 0 aromatic rings. The SMILES string of the molecule is CC.CC.[CH3-].[Y]. The molecule has 0 atom stereocenters. The molecule has 39 valence electrons. The molecule has 0 aliphatic heterocycles. The first-order valence-corrected chi connectivity index (χ1v) is 2.00. The van der Waals surface area contributed by atoms with Crippen LogP contribution in [0.1, 0.15) is 27.7 Å². The summed E-state index contributed by atoms with van der Waals surface area (Å²) >= 11 is 0. The minimum absolute atomic E-state index is 0.